The Morgan fingerprint density at radius 1 is 0.345 bits per heavy atom. The molecule has 0 unspecified atom stereocenters. The Balaban J connectivity index is 1.10. The van der Waals surface area contributed by atoms with Crippen LogP contribution in [0.25, 0.3) is 116 Å². The van der Waals surface area contributed by atoms with Crippen LogP contribution in [-0.2, 0) is 0 Å². The third kappa shape index (κ3) is 5.14. The van der Waals surface area contributed by atoms with E-state index in [0.29, 0.717) is 17.5 Å². The van der Waals surface area contributed by atoms with E-state index in [9.17, 15) is 0 Å². The maximum Gasteiger partial charge on any atom is 0.164 e. The molecule has 0 amide bonds. The summed E-state index contributed by atoms with van der Waals surface area (Å²) in [5.41, 5.74) is 9.76. The first kappa shape index (κ1) is 32.4. The van der Waals surface area contributed by atoms with E-state index in [1.54, 1.807) is 0 Å². The van der Waals surface area contributed by atoms with E-state index in [1.165, 1.54) is 32.3 Å². The van der Waals surface area contributed by atoms with Gasteiger partial charge in [-0.25, -0.2) is 15.0 Å². The van der Waals surface area contributed by atoms with Crippen LogP contribution >= 0.6 is 0 Å². The summed E-state index contributed by atoms with van der Waals surface area (Å²) in [6.45, 7) is 0. The quantitative estimate of drug-likeness (QED) is 0.176. The number of para-hydroxylation sites is 2. The Morgan fingerprint density at radius 2 is 0.948 bits per heavy atom. The van der Waals surface area contributed by atoms with Crippen molar-refractivity contribution in [3.63, 3.8) is 0 Å². The molecule has 0 bridgehead atoms. The summed E-state index contributed by atoms with van der Waals surface area (Å²) in [4.78, 5) is 15.6. The highest BCUT2D eigenvalue weighted by Gasteiger charge is 2.22. The first-order chi connectivity index (χ1) is 28.7. The van der Waals surface area contributed by atoms with E-state index in [0.717, 1.165) is 66.5 Å². The van der Waals surface area contributed by atoms with Gasteiger partial charge in [0.1, 0.15) is 11.2 Å². The standard InChI is InChI=1S/C53H32N4O/c1-2-14-36(15-3-1)51-54-52(37-25-22-34(23-26-37)39-27-24-33-12-4-5-16-38(33)30-39)56-53(55-51)44-31-40(32-48-50(44)43-19-9-11-21-47(43)58-48)57-45-20-10-8-18-42(45)49-41-17-7-6-13-35(41)28-29-46(49)57/h1-32H. The van der Waals surface area contributed by atoms with Crippen LogP contribution in [0.3, 0.4) is 0 Å². The van der Waals surface area contributed by atoms with Crippen LogP contribution in [0.2, 0.25) is 0 Å². The number of hydrogen-bond donors (Lipinski definition) is 0. The van der Waals surface area contributed by atoms with E-state index >= 15 is 0 Å². The van der Waals surface area contributed by atoms with Gasteiger partial charge < -0.3 is 8.98 Å². The summed E-state index contributed by atoms with van der Waals surface area (Å²) < 4.78 is 9.02. The molecule has 0 atom stereocenters. The topological polar surface area (TPSA) is 56.7 Å². The molecular weight excluding hydrogens is 709 g/mol. The molecule has 12 rings (SSSR count). The van der Waals surface area contributed by atoms with Crippen molar-refractivity contribution in [1.82, 2.24) is 19.5 Å². The number of hydrogen-bond acceptors (Lipinski definition) is 4. The number of rotatable bonds is 5. The normalized spacial score (nSPS) is 11.8. The van der Waals surface area contributed by atoms with Gasteiger partial charge in [-0.15, -0.1) is 0 Å². The maximum absolute atomic E-state index is 6.67. The lowest BCUT2D eigenvalue weighted by Gasteiger charge is -2.13. The molecule has 0 saturated carbocycles. The van der Waals surface area contributed by atoms with Crippen LogP contribution in [0.5, 0.6) is 0 Å². The fraction of sp³-hybridized carbons (Fsp3) is 0. The van der Waals surface area contributed by atoms with Gasteiger partial charge in [-0.05, 0) is 63.0 Å². The second-order valence-electron chi connectivity index (χ2n) is 14.8. The highest BCUT2D eigenvalue weighted by atomic mass is 16.3. The average Bonchev–Trinajstić information content (AvgIpc) is 3.85. The Labute approximate surface area is 333 Å². The van der Waals surface area contributed by atoms with Gasteiger partial charge in [0.2, 0.25) is 0 Å². The smallest absolute Gasteiger partial charge is 0.164 e. The number of aromatic nitrogens is 4. The van der Waals surface area contributed by atoms with Crippen molar-refractivity contribution in [2.75, 3.05) is 0 Å². The second kappa shape index (κ2) is 12.8. The maximum atomic E-state index is 6.67. The van der Waals surface area contributed by atoms with Crippen LogP contribution in [-0.4, -0.2) is 19.5 Å². The zero-order valence-electron chi connectivity index (χ0n) is 31.2. The third-order valence-electron chi connectivity index (χ3n) is 11.4. The minimum absolute atomic E-state index is 0.576. The van der Waals surface area contributed by atoms with E-state index in [2.05, 4.69) is 156 Å². The molecule has 3 heterocycles. The van der Waals surface area contributed by atoms with Crippen molar-refractivity contribution < 1.29 is 4.42 Å². The molecule has 0 aliphatic heterocycles. The summed E-state index contributed by atoms with van der Waals surface area (Å²) >= 11 is 0. The first-order valence-corrected chi connectivity index (χ1v) is 19.5. The van der Waals surface area contributed by atoms with E-state index in [-0.39, 0.29) is 0 Å². The zero-order valence-corrected chi connectivity index (χ0v) is 31.2. The van der Waals surface area contributed by atoms with Crippen molar-refractivity contribution in [2.45, 2.75) is 0 Å². The summed E-state index contributed by atoms with van der Waals surface area (Å²) in [6, 6.07) is 68.0. The van der Waals surface area contributed by atoms with Crippen molar-refractivity contribution >= 4 is 65.3 Å². The second-order valence-corrected chi connectivity index (χ2v) is 14.8. The Hall–Kier alpha value is -7.89. The lowest BCUT2D eigenvalue weighted by atomic mass is 10.00. The summed E-state index contributed by atoms with van der Waals surface area (Å²) in [6.07, 6.45) is 0. The van der Waals surface area contributed by atoms with Crippen molar-refractivity contribution in [1.29, 1.82) is 0 Å². The molecule has 0 radical (unpaired) electrons. The molecule has 270 valence electrons. The fourth-order valence-electron chi connectivity index (χ4n) is 8.69. The summed E-state index contributed by atoms with van der Waals surface area (Å²) in [5.74, 6) is 1.78. The van der Waals surface area contributed by atoms with E-state index in [1.807, 2.05) is 42.5 Å². The van der Waals surface area contributed by atoms with Crippen LogP contribution in [0.15, 0.2) is 199 Å². The SMILES string of the molecule is c1ccc(-c2nc(-c3ccc(-c4ccc5ccccc5c4)cc3)nc(-c3cc(-n4c5ccccc5c5c6ccccc6ccc54)cc4oc5ccccc5c34)n2)cc1. The molecule has 3 aromatic heterocycles. The molecule has 0 N–H and O–H groups in total. The lowest BCUT2D eigenvalue weighted by molar-refractivity contribution is 0.668. The first-order valence-electron chi connectivity index (χ1n) is 19.5. The number of nitrogens with zero attached hydrogens (tertiary/aromatic N) is 4. The summed E-state index contributed by atoms with van der Waals surface area (Å²) in [7, 11) is 0. The Morgan fingerprint density at radius 3 is 1.78 bits per heavy atom. The molecule has 0 saturated heterocycles. The van der Waals surface area contributed by atoms with E-state index in [4.69, 9.17) is 19.4 Å². The largest absolute Gasteiger partial charge is 0.456 e. The van der Waals surface area contributed by atoms with Gasteiger partial charge in [0.25, 0.3) is 0 Å². The minimum Gasteiger partial charge on any atom is -0.456 e. The monoisotopic (exact) mass is 740 g/mol. The molecule has 0 spiro atoms. The van der Waals surface area contributed by atoms with Gasteiger partial charge in [0.15, 0.2) is 17.5 Å². The van der Waals surface area contributed by atoms with E-state index < -0.39 is 0 Å². The molecule has 58 heavy (non-hydrogen) atoms. The van der Waals surface area contributed by atoms with Gasteiger partial charge in [0.05, 0.1) is 16.7 Å². The van der Waals surface area contributed by atoms with Gasteiger partial charge in [-0.3, -0.25) is 0 Å². The highest BCUT2D eigenvalue weighted by Crippen LogP contribution is 2.42. The minimum atomic E-state index is 0.576. The molecule has 0 aliphatic carbocycles. The predicted molar refractivity (Wildman–Crippen MR) is 238 cm³/mol. The van der Waals surface area contributed by atoms with Crippen LogP contribution in [0.1, 0.15) is 0 Å². The van der Waals surface area contributed by atoms with Crippen molar-refractivity contribution in [3.8, 4) is 51.0 Å². The van der Waals surface area contributed by atoms with Gasteiger partial charge in [-0.1, -0.05) is 158 Å². The van der Waals surface area contributed by atoms with Crippen molar-refractivity contribution in [3.05, 3.63) is 194 Å². The van der Waals surface area contributed by atoms with Crippen LogP contribution < -0.4 is 0 Å². The number of furan rings is 1. The fourth-order valence-corrected chi connectivity index (χ4v) is 8.69. The Bertz CT molecular complexity index is 3560. The molecule has 5 heteroatoms. The van der Waals surface area contributed by atoms with Crippen LogP contribution in [0, 0.1) is 0 Å². The zero-order chi connectivity index (χ0) is 38.2. The van der Waals surface area contributed by atoms with Gasteiger partial charge in [0, 0.05) is 44.3 Å². The number of benzene rings is 9. The number of fused-ring (bicyclic) bond motifs is 9. The molecule has 9 aromatic carbocycles. The average molecular weight is 741 g/mol. The Kier molecular flexibility index (Phi) is 7.16. The predicted octanol–water partition coefficient (Wildman–Crippen LogP) is 13.8. The van der Waals surface area contributed by atoms with Crippen molar-refractivity contribution in [2.24, 2.45) is 0 Å². The van der Waals surface area contributed by atoms with Gasteiger partial charge in [-0.2, -0.15) is 0 Å². The lowest BCUT2D eigenvalue weighted by Crippen LogP contribution is -2.01. The third-order valence-corrected chi connectivity index (χ3v) is 11.4. The van der Waals surface area contributed by atoms with Crippen LogP contribution in [0.4, 0.5) is 0 Å². The molecule has 0 fully saturated rings. The summed E-state index contributed by atoms with van der Waals surface area (Å²) in [5, 5.41) is 9.27. The molecule has 5 nitrogen and oxygen atoms in total. The molecular formula is C53H32N4O. The molecule has 12 aromatic rings. The highest BCUT2D eigenvalue weighted by molar-refractivity contribution is 6.21. The molecule has 0 aliphatic rings. The van der Waals surface area contributed by atoms with Gasteiger partial charge >= 0.3 is 0 Å².